The first kappa shape index (κ1) is 18.6. The highest BCUT2D eigenvalue weighted by molar-refractivity contribution is 9.10. The monoisotopic (exact) mass is 396 g/mol. The lowest BCUT2D eigenvalue weighted by Crippen LogP contribution is -2.45. The predicted molar refractivity (Wildman–Crippen MR) is 90.5 cm³/mol. The van der Waals surface area contributed by atoms with Gasteiger partial charge < -0.3 is 15.4 Å². The first-order valence-corrected chi connectivity index (χ1v) is 7.90. The lowest BCUT2D eigenvalue weighted by Gasteiger charge is -2.23. The fourth-order valence-electron chi connectivity index (χ4n) is 2.12. The molecule has 118 valence electrons. The van der Waals surface area contributed by atoms with Crippen LogP contribution >= 0.6 is 39.9 Å². The minimum absolute atomic E-state index is 0. The van der Waals surface area contributed by atoms with Crippen molar-refractivity contribution in [2.45, 2.75) is 25.3 Å². The molecule has 1 aliphatic rings. The molecule has 1 aliphatic heterocycles. The molecule has 0 saturated carbocycles. The molecular formula is C14H19BrCl2N2O2. The van der Waals surface area contributed by atoms with E-state index in [0.717, 1.165) is 30.4 Å². The molecule has 0 aliphatic carbocycles. The molecular weight excluding hydrogens is 379 g/mol. The minimum Gasteiger partial charge on any atom is -0.492 e. The Kier molecular flexibility index (Phi) is 8.41. The van der Waals surface area contributed by atoms with Crippen LogP contribution in [0.15, 0.2) is 22.7 Å². The van der Waals surface area contributed by atoms with E-state index in [1.165, 1.54) is 0 Å². The number of carbonyl (C=O) groups is 1. The van der Waals surface area contributed by atoms with Crippen molar-refractivity contribution in [1.29, 1.82) is 0 Å². The number of hydrogen-bond acceptors (Lipinski definition) is 3. The van der Waals surface area contributed by atoms with Crippen LogP contribution in [-0.2, 0) is 4.79 Å². The second kappa shape index (κ2) is 9.51. The van der Waals surface area contributed by atoms with Gasteiger partial charge in [-0.15, -0.1) is 12.4 Å². The van der Waals surface area contributed by atoms with Gasteiger partial charge in [0.05, 0.1) is 17.5 Å². The summed E-state index contributed by atoms with van der Waals surface area (Å²) in [7, 11) is 0. The van der Waals surface area contributed by atoms with E-state index < -0.39 is 0 Å². The molecule has 1 fully saturated rings. The molecule has 0 aromatic heterocycles. The summed E-state index contributed by atoms with van der Waals surface area (Å²) in [4.78, 5) is 11.8. The maximum Gasteiger partial charge on any atom is 0.223 e. The largest absolute Gasteiger partial charge is 0.492 e. The van der Waals surface area contributed by atoms with E-state index >= 15 is 0 Å². The topological polar surface area (TPSA) is 50.4 Å². The van der Waals surface area contributed by atoms with Crippen molar-refractivity contribution in [3.63, 3.8) is 0 Å². The van der Waals surface area contributed by atoms with Crippen molar-refractivity contribution in [2.75, 3.05) is 19.7 Å². The Morgan fingerprint density at radius 2 is 2.33 bits per heavy atom. The SMILES string of the molecule is Cl.O=C(CCOc1ccc(Cl)cc1Br)NC1CCCNC1. The standard InChI is InChI=1S/C14H18BrClN2O2.ClH/c15-12-8-10(16)3-4-13(12)20-7-5-14(19)18-11-2-1-6-17-9-11;/h3-4,8,11,17H,1-2,5-7,9H2,(H,18,19);1H. The zero-order valence-corrected chi connectivity index (χ0v) is 14.7. The number of benzene rings is 1. The van der Waals surface area contributed by atoms with Gasteiger partial charge in [-0.3, -0.25) is 4.79 Å². The molecule has 1 heterocycles. The molecule has 1 aromatic carbocycles. The second-order valence-corrected chi connectivity index (χ2v) is 6.07. The Bertz CT molecular complexity index is 468. The van der Waals surface area contributed by atoms with Crippen LogP contribution in [0.3, 0.4) is 0 Å². The van der Waals surface area contributed by atoms with E-state index in [2.05, 4.69) is 26.6 Å². The zero-order chi connectivity index (χ0) is 14.4. The molecule has 4 nitrogen and oxygen atoms in total. The van der Waals surface area contributed by atoms with Gasteiger partial charge in [0.25, 0.3) is 0 Å². The smallest absolute Gasteiger partial charge is 0.223 e. The van der Waals surface area contributed by atoms with Crippen LogP contribution < -0.4 is 15.4 Å². The molecule has 1 unspecified atom stereocenters. The van der Waals surface area contributed by atoms with Crippen molar-refractivity contribution in [2.24, 2.45) is 0 Å². The predicted octanol–water partition coefficient (Wildman–Crippen LogP) is 3.16. The summed E-state index contributed by atoms with van der Waals surface area (Å²) in [5.41, 5.74) is 0. The summed E-state index contributed by atoms with van der Waals surface area (Å²) in [6, 6.07) is 5.56. The number of amides is 1. The summed E-state index contributed by atoms with van der Waals surface area (Å²) in [6.07, 6.45) is 2.51. The van der Waals surface area contributed by atoms with Gasteiger partial charge in [0.2, 0.25) is 5.91 Å². The molecule has 1 atom stereocenters. The fraction of sp³-hybridized carbons (Fsp3) is 0.500. The summed E-state index contributed by atoms with van der Waals surface area (Å²) in [5, 5.41) is 6.93. The van der Waals surface area contributed by atoms with Crippen molar-refractivity contribution >= 4 is 45.8 Å². The average molecular weight is 398 g/mol. The lowest BCUT2D eigenvalue weighted by atomic mass is 10.1. The van der Waals surface area contributed by atoms with Crippen LogP contribution in [0.25, 0.3) is 0 Å². The molecule has 7 heteroatoms. The molecule has 0 radical (unpaired) electrons. The summed E-state index contributed by atoms with van der Waals surface area (Å²) in [5.74, 6) is 0.727. The van der Waals surface area contributed by atoms with Gasteiger partial charge >= 0.3 is 0 Å². The van der Waals surface area contributed by atoms with Crippen LogP contribution in [0.2, 0.25) is 5.02 Å². The molecule has 2 rings (SSSR count). The Morgan fingerprint density at radius 1 is 1.52 bits per heavy atom. The third-order valence-corrected chi connectivity index (χ3v) is 4.00. The van der Waals surface area contributed by atoms with E-state index in [1.807, 2.05) is 0 Å². The molecule has 2 N–H and O–H groups in total. The number of nitrogens with one attached hydrogen (secondary N) is 2. The summed E-state index contributed by atoms with van der Waals surface area (Å²) < 4.78 is 6.36. The third-order valence-electron chi connectivity index (χ3n) is 3.14. The Labute approximate surface area is 144 Å². The van der Waals surface area contributed by atoms with Gasteiger partial charge in [-0.1, -0.05) is 11.6 Å². The van der Waals surface area contributed by atoms with E-state index in [4.69, 9.17) is 16.3 Å². The lowest BCUT2D eigenvalue weighted by molar-refractivity contribution is -0.122. The van der Waals surface area contributed by atoms with Gasteiger partial charge in [-0.05, 0) is 53.5 Å². The van der Waals surface area contributed by atoms with Crippen LogP contribution in [0, 0.1) is 0 Å². The van der Waals surface area contributed by atoms with Crippen LogP contribution in [0.4, 0.5) is 0 Å². The molecule has 1 saturated heterocycles. The Balaban J connectivity index is 0.00000220. The van der Waals surface area contributed by atoms with Gasteiger partial charge in [-0.2, -0.15) is 0 Å². The van der Waals surface area contributed by atoms with E-state index in [0.29, 0.717) is 23.8 Å². The van der Waals surface area contributed by atoms with Crippen LogP contribution in [0.1, 0.15) is 19.3 Å². The summed E-state index contributed by atoms with van der Waals surface area (Å²) in [6.45, 7) is 2.25. The number of rotatable bonds is 5. The van der Waals surface area contributed by atoms with Gasteiger partial charge in [0, 0.05) is 17.6 Å². The van der Waals surface area contributed by atoms with E-state index in [-0.39, 0.29) is 24.4 Å². The first-order chi connectivity index (χ1) is 9.65. The highest BCUT2D eigenvalue weighted by Crippen LogP contribution is 2.27. The molecule has 1 amide bonds. The van der Waals surface area contributed by atoms with Gasteiger partial charge in [0.15, 0.2) is 0 Å². The number of piperidine rings is 1. The number of carbonyl (C=O) groups excluding carboxylic acids is 1. The van der Waals surface area contributed by atoms with Crippen molar-refractivity contribution in [1.82, 2.24) is 10.6 Å². The van der Waals surface area contributed by atoms with E-state index in [9.17, 15) is 4.79 Å². The number of hydrogen-bond donors (Lipinski definition) is 2. The minimum atomic E-state index is 0. The summed E-state index contributed by atoms with van der Waals surface area (Å²) >= 11 is 9.23. The molecule has 1 aromatic rings. The quantitative estimate of drug-likeness (QED) is 0.802. The van der Waals surface area contributed by atoms with Crippen LogP contribution in [0.5, 0.6) is 5.75 Å². The molecule has 21 heavy (non-hydrogen) atoms. The van der Waals surface area contributed by atoms with Crippen LogP contribution in [-0.4, -0.2) is 31.6 Å². The third kappa shape index (κ3) is 6.43. The molecule has 0 spiro atoms. The maximum absolute atomic E-state index is 11.8. The maximum atomic E-state index is 11.8. The zero-order valence-electron chi connectivity index (χ0n) is 11.5. The van der Waals surface area contributed by atoms with Gasteiger partial charge in [0.1, 0.15) is 5.75 Å². The highest BCUT2D eigenvalue weighted by Gasteiger charge is 2.15. The van der Waals surface area contributed by atoms with E-state index in [1.54, 1.807) is 18.2 Å². The van der Waals surface area contributed by atoms with Crippen molar-refractivity contribution in [3.8, 4) is 5.75 Å². The van der Waals surface area contributed by atoms with Gasteiger partial charge in [-0.25, -0.2) is 0 Å². The fourth-order valence-corrected chi connectivity index (χ4v) is 2.92. The number of ether oxygens (including phenoxy) is 1. The average Bonchev–Trinajstić information content (AvgIpc) is 2.42. The van der Waals surface area contributed by atoms with Crippen molar-refractivity contribution in [3.05, 3.63) is 27.7 Å². The first-order valence-electron chi connectivity index (χ1n) is 6.73. The normalized spacial score (nSPS) is 17.7. The van der Waals surface area contributed by atoms with Crippen molar-refractivity contribution < 1.29 is 9.53 Å². The molecule has 0 bridgehead atoms. The Hall–Kier alpha value is -0.490. The highest BCUT2D eigenvalue weighted by atomic mass is 79.9. The second-order valence-electron chi connectivity index (χ2n) is 4.78. The number of halogens is 3. The Morgan fingerprint density at radius 3 is 3.00 bits per heavy atom.